The van der Waals surface area contributed by atoms with Crippen molar-refractivity contribution in [3.63, 3.8) is 0 Å². The largest absolute Gasteiger partial charge is 0.496 e. The molecular weight excluding hydrogens is 472 g/mol. The van der Waals surface area contributed by atoms with E-state index in [-0.39, 0.29) is 28.0 Å². The molecule has 1 N–H and O–H groups in total. The Hall–Kier alpha value is -3.55. The van der Waals surface area contributed by atoms with Gasteiger partial charge >= 0.3 is 5.97 Å². The average Bonchev–Trinajstić information content (AvgIpc) is 2.86. The summed E-state index contributed by atoms with van der Waals surface area (Å²) in [5, 5.41) is 11.6. The van der Waals surface area contributed by atoms with Crippen molar-refractivity contribution in [1.29, 1.82) is 0 Å². The second-order valence-electron chi connectivity index (χ2n) is 8.24. The number of aliphatic hydroxyl groups is 1. The lowest BCUT2D eigenvalue weighted by Crippen LogP contribution is -2.15. The Labute approximate surface area is 206 Å². The summed E-state index contributed by atoms with van der Waals surface area (Å²) in [5.41, 5.74) is 0.691. The van der Waals surface area contributed by atoms with Gasteiger partial charge in [-0.25, -0.2) is 4.79 Å². The maximum absolute atomic E-state index is 13.4. The van der Waals surface area contributed by atoms with Crippen molar-refractivity contribution in [3.05, 3.63) is 80.7 Å². The van der Waals surface area contributed by atoms with Crippen LogP contribution in [0.5, 0.6) is 11.5 Å². The number of benzene rings is 3. The van der Waals surface area contributed by atoms with Crippen molar-refractivity contribution in [2.75, 3.05) is 14.2 Å². The Bertz CT molecular complexity index is 1460. The third kappa shape index (κ3) is 4.57. The lowest BCUT2D eigenvalue weighted by molar-refractivity contribution is 0.0474. The van der Waals surface area contributed by atoms with Crippen LogP contribution >= 0.6 is 11.6 Å². The molecule has 0 spiro atoms. The molecule has 4 rings (SSSR count). The first-order valence-electron chi connectivity index (χ1n) is 11.0. The quantitative estimate of drug-likeness (QED) is 0.268. The minimum absolute atomic E-state index is 0.176. The molecule has 8 heteroatoms. The first kappa shape index (κ1) is 24.6. The van der Waals surface area contributed by atoms with E-state index in [1.54, 1.807) is 56.3 Å². The highest BCUT2D eigenvalue weighted by Crippen LogP contribution is 2.44. The number of aliphatic hydroxyl groups excluding tert-OH is 1. The van der Waals surface area contributed by atoms with Crippen LogP contribution in [0.15, 0.2) is 57.7 Å². The van der Waals surface area contributed by atoms with Crippen LogP contribution in [0.4, 0.5) is 0 Å². The van der Waals surface area contributed by atoms with Crippen LogP contribution in [0, 0.1) is 0 Å². The lowest BCUT2D eigenvalue weighted by Gasteiger charge is -2.18. The number of halogens is 1. The SMILES string of the molecule is COc1cc(Cl)c(OC)c2c1cc(COC(=O)c1ccccc1)c1c(=O)cc(C(C)C(C)O)oc12. The molecule has 35 heavy (non-hydrogen) atoms. The third-order valence-electron chi connectivity index (χ3n) is 6.03. The Kier molecular flexibility index (Phi) is 7.00. The molecule has 0 amide bonds. The molecule has 182 valence electrons. The molecule has 0 bridgehead atoms. The zero-order valence-electron chi connectivity index (χ0n) is 19.8. The van der Waals surface area contributed by atoms with Gasteiger partial charge in [0, 0.05) is 29.0 Å². The Morgan fingerprint density at radius 2 is 1.77 bits per heavy atom. The Morgan fingerprint density at radius 1 is 1.06 bits per heavy atom. The summed E-state index contributed by atoms with van der Waals surface area (Å²) >= 11 is 6.46. The van der Waals surface area contributed by atoms with Crippen molar-refractivity contribution in [3.8, 4) is 11.5 Å². The predicted octanol–water partition coefficient (Wildman–Crippen LogP) is 5.46. The van der Waals surface area contributed by atoms with Crippen molar-refractivity contribution in [2.45, 2.75) is 32.5 Å². The normalized spacial score (nSPS) is 13.0. The van der Waals surface area contributed by atoms with Crippen LogP contribution in [0.25, 0.3) is 21.7 Å². The number of fused-ring (bicyclic) bond motifs is 3. The Morgan fingerprint density at radius 3 is 2.40 bits per heavy atom. The van der Waals surface area contributed by atoms with E-state index in [1.807, 2.05) is 0 Å². The van der Waals surface area contributed by atoms with Gasteiger partial charge in [0.2, 0.25) is 0 Å². The predicted molar refractivity (Wildman–Crippen MR) is 134 cm³/mol. The number of ether oxygens (including phenoxy) is 3. The number of hydrogen-bond acceptors (Lipinski definition) is 7. The van der Waals surface area contributed by atoms with Crippen LogP contribution in [-0.2, 0) is 11.3 Å². The van der Waals surface area contributed by atoms with Gasteiger partial charge in [-0.05, 0) is 25.1 Å². The summed E-state index contributed by atoms with van der Waals surface area (Å²) in [5.74, 6) is 0.0699. The number of esters is 1. The van der Waals surface area contributed by atoms with E-state index in [0.717, 1.165) is 0 Å². The van der Waals surface area contributed by atoms with Crippen molar-refractivity contribution in [2.24, 2.45) is 0 Å². The summed E-state index contributed by atoms with van der Waals surface area (Å²) in [6, 6.07) is 13.2. The van der Waals surface area contributed by atoms with Gasteiger partial charge in [0.25, 0.3) is 0 Å². The highest BCUT2D eigenvalue weighted by atomic mass is 35.5. The van der Waals surface area contributed by atoms with Gasteiger partial charge < -0.3 is 23.7 Å². The van der Waals surface area contributed by atoms with Gasteiger partial charge in [0.1, 0.15) is 29.4 Å². The van der Waals surface area contributed by atoms with Crippen LogP contribution in [0.3, 0.4) is 0 Å². The van der Waals surface area contributed by atoms with Gasteiger partial charge in [0.15, 0.2) is 5.43 Å². The van der Waals surface area contributed by atoms with Gasteiger partial charge in [-0.3, -0.25) is 4.79 Å². The molecule has 0 aliphatic rings. The molecule has 0 aliphatic carbocycles. The first-order chi connectivity index (χ1) is 16.8. The van der Waals surface area contributed by atoms with E-state index < -0.39 is 18.0 Å². The van der Waals surface area contributed by atoms with E-state index in [9.17, 15) is 14.7 Å². The molecule has 2 unspecified atom stereocenters. The van der Waals surface area contributed by atoms with Crippen molar-refractivity contribution >= 4 is 39.3 Å². The maximum atomic E-state index is 13.4. The van der Waals surface area contributed by atoms with Gasteiger partial charge in [0.05, 0.1) is 41.7 Å². The van der Waals surface area contributed by atoms with Crippen molar-refractivity contribution < 1.29 is 28.5 Å². The summed E-state index contributed by atoms with van der Waals surface area (Å²) in [6.45, 7) is 3.20. The van der Waals surface area contributed by atoms with Gasteiger partial charge in [-0.1, -0.05) is 36.7 Å². The third-order valence-corrected chi connectivity index (χ3v) is 6.32. The molecule has 0 fully saturated rings. The summed E-state index contributed by atoms with van der Waals surface area (Å²) in [4.78, 5) is 25.9. The fraction of sp³-hybridized carbons (Fsp3) is 0.259. The van der Waals surface area contributed by atoms with E-state index in [1.165, 1.54) is 20.3 Å². The zero-order valence-corrected chi connectivity index (χ0v) is 20.5. The van der Waals surface area contributed by atoms with E-state index in [4.69, 9.17) is 30.2 Å². The minimum atomic E-state index is -0.753. The molecule has 0 saturated heterocycles. The monoisotopic (exact) mass is 496 g/mol. The molecule has 3 aromatic carbocycles. The molecular formula is C27H25ClO7. The lowest BCUT2D eigenvalue weighted by atomic mass is 9.97. The van der Waals surface area contributed by atoms with Crippen LogP contribution in [-0.4, -0.2) is 31.4 Å². The maximum Gasteiger partial charge on any atom is 0.338 e. The number of rotatable bonds is 7. The number of hydrogen-bond donors (Lipinski definition) is 1. The highest BCUT2D eigenvalue weighted by molar-refractivity contribution is 6.34. The average molecular weight is 497 g/mol. The van der Waals surface area contributed by atoms with E-state index in [0.29, 0.717) is 39.2 Å². The fourth-order valence-electron chi connectivity index (χ4n) is 3.98. The smallest absolute Gasteiger partial charge is 0.338 e. The standard InChI is InChI=1S/C27H25ClO7/c1-14(15(2)29)21-12-20(30)23-17(13-34-27(31)16-8-6-5-7-9-16)10-18-22(32-3)11-19(28)25(33-4)24(18)26(23)35-21/h5-12,14-15,29H,13H2,1-4H3. The van der Waals surface area contributed by atoms with Crippen LogP contribution in [0.2, 0.25) is 5.02 Å². The summed E-state index contributed by atoms with van der Waals surface area (Å²) < 4.78 is 22.9. The minimum Gasteiger partial charge on any atom is -0.496 e. The number of methoxy groups -OCH3 is 2. The van der Waals surface area contributed by atoms with Crippen LogP contribution in [0.1, 0.15) is 41.4 Å². The molecule has 2 atom stereocenters. The molecule has 1 heterocycles. The van der Waals surface area contributed by atoms with Gasteiger partial charge in [-0.2, -0.15) is 0 Å². The summed E-state index contributed by atoms with van der Waals surface area (Å²) in [7, 11) is 2.97. The zero-order chi connectivity index (χ0) is 25.3. The summed E-state index contributed by atoms with van der Waals surface area (Å²) in [6.07, 6.45) is -0.753. The topological polar surface area (TPSA) is 95.2 Å². The molecule has 0 aliphatic heterocycles. The number of carbonyl (C=O) groups is 1. The van der Waals surface area contributed by atoms with E-state index >= 15 is 0 Å². The van der Waals surface area contributed by atoms with Crippen LogP contribution < -0.4 is 14.9 Å². The molecule has 7 nitrogen and oxygen atoms in total. The second-order valence-corrected chi connectivity index (χ2v) is 8.65. The fourth-order valence-corrected chi connectivity index (χ4v) is 4.25. The molecule has 4 aromatic rings. The highest BCUT2D eigenvalue weighted by Gasteiger charge is 2.24. The molecule has 1 aromatic heterocycles. The molecule has 0 radical (unpaired) electrons. The molecule has 0 saturated carbocycles. The Balaban J connectivity index is 2.00. The van der Waals surface area contributed by atoms with E-state index in [2.05, 4.69) is 0 Å². The second kappa shape index (κ2) is 9.98. The van der Waals surface area contributed by atoms with Gasteiger partial charge in [-0.15, -0.1) is 0 Å². The van der Waals surface area contributed by atoms with Crippen molar-refractivity contribution in [1.82, 2.24) is 0 Å². The first-order valence-corrected chi connectivity index (χ1v) is 11.4. The number of carbonyl (C=O) groups excluding carboxylic acids is 1.